The van der Waals surface area contributed by atoms with Gasteiger partial charge in [0, 0.05) is 5.08 Å². The van der Waals surface area contributed by atoms with Crippen molar-refractivity contribution in [2.75, 3.05) is 11.3 Å². The lowest BCUT2D eigenvalue weighted by Crippen LogP contribution is -2.21. The summed E-state index contributed by atoms with van der Waals surface area (Å²) in [5, 5.41) is 1.30. The van der Waals surface area contributed by atoms with Crippen molar-refractivity contribution in [2.24, 2.45) is 0 Å². The van der Waals surface area contributed by atoms with Crippen molar-refractivity contribution in [3.63, 3.8) is 0 Å². The molecule has 0 aromatic heterocycles. The predicted molar refractivity (Wildman–Crippen MR) is 46.6 cm³/mol. The van der Waals surface area contributed by atoms with Gasteiger partial charge in [0.15, 0.2) is 0 Å². The summed E-state index contributed by atoms with van der Waals surface area (Å²) in [7, 11) is 0. The van der Waals surface area contributed by atoms with Gasteiger partial charge in [-0.25, -0.2) is 0 Å². The van der Waals surface area contributed by atoms with Crippen molar-refractivity contribution >= 4 is 35.3 Å². The number of hydrogen-bond donors (Lipinski definition) is 0. The molecule has 0 aromatic rings. The average molecular weight is 166 g/mol. The first-order valence-electron chi connectivity index (χ1n) is 2.66. The van der Waals surface area contributed by atoms with E-state index in [0.717, 1.165) is 0 Å². The van der Waals surface area contributed by atoms with Crippen molar-refractivity contribution in [3.8, 4) is 0 Å². The zero-order valence-electron chi connectivity index (χ0n) is 5.14. The normalized spacial score (nSPS) is 24.8. The molecule has 0 unspecified atom stereocenters. The molecule has 0 saturated carbocycles. The Hall–Kier alpha value is 1.05. The molecule has 48 valence electrons. The van der Waals surface area contributed by atoms with Crippen LogP contribution in [0.5, 0.6) is 0 Å². The lowest BCUT2D eigenvalue weighted by molar-refractivity contribution is 1.00. The Balaban J connectivity index is 2.33. The van der Waals surface area contributed by atoms with Crippen LogP contribution in [0, 0.1) is 0 Å². The minimum absolute atomic E-state index is 0.556. The van der Waals surface area contributed by atoms with Gasteiger partial charge in [0.1, 0.15) is 3.41 Å². The van der Waals surface area contributed by atoms with Gasteiger partial charge in [-0.2, -0.15) is 0 Å². The van der Waals surface area contributed by atoms with Crippen molar-refractivity contribution in [1.82, 2.24) is 0 Å². The quantitative estimate of drug-likeness (QED) is 0.619. The molecule has 0 amide bonds. The highest BCUT2D eigenvalue weighted by atomic mass is 32.3. The first-order valence-corrected chi connectivity index (χ1v) is 5.85. The standard InChI is InChI=1S/C5H10S3/c1-3-5(6-2)7-4-8-5/h3-4H2,1-2H3. The SMILES string of the molecule is CCC1(SC)SCS1. The van der Waals surface area contributed by atoms with Crippen molar-refractivity contribution in [2.45, 2.75) is 16.8 Å². The van der Waals surface area contributed by atoms with Crippen LogP contribution in [-0.2, 0) is 0 Å². The summed E-state index contributed by atoms with van der Waals surface area (Å²) < 4.78 is 0.556. The molecule has 1 fully saturated rings. The minimum atomic E-state index is 0.556. The Morgan fingerprint density at radius 3 is 2.25 bits per heavy atom. The highest BCUT2D eigenvalue weighted by Gasteiger charge is 2.35. The van der Waals surface area contributed by atoms with Crippen LogP contribution in [0.25, 0.3) is 0 Å². The van der Waals surface area contributed by atoms with Gasteiger partial charge in [-0.15, -0.1) is 35.3 Å². The zero-order valence-corrected chi connectivity index (χ0v) is 7.59. The molecule has 1 aliphatic heterocycles. The minimum Gasteiger partial charge on any atom is -0.137 e. The van der Waals surface area contributed by atoms with E-state index in [9.17, 15) is 0 Å². The monoisotopic (exact) mass is 166 g/mol. The molecule has 1 rings (SSSR count). The Kier molecular flexibility index (Phi) is 2.47. The summed E-state index contributed by atoms with van der Waals surface area (Å²) >= 11 is 6.14. The largest absolute Gasteiger partial charge is 0.137 e. The summed E-state index contributed by atoms with van der Waals surface area (Å²) in [6.07, 6.45) is 3.49. The molecule has 0 nitrogen and oxygen atoms in total. The molecule has 0 spiro atoms. The van der Waals surface area contributed by atoms with E-state index in [-0.39, 0.29) is 0 Å². The molecular formula is C5H10S3. The lowest BCUT2D eigenvalue weighted by atomic mass is 10.6. The van der Waals surface area contributed by atoms with E-state index >= 15 is 0 Å². The maximum absolute atomic E-state index is 2.26. The van der Waals surface area contributed by atoms with Crippen LogP contribution in [-0.4, -0.2) is 14.8 Å². The fourth-order valence-corrected chi connectivity index (χ4v) is 4.69. The van der Waals surface area contributed by atoms with Gasteiger partial charge in [0.05, 0.1) is 0 Å². The molecule has 1 aliphatic rings. The molecular weight excluding hydrogens is 156 g/mol. The highest BCUT2D eigenvalue weighted by molar-refractivity contribution is 8.44. The van der Waals surface area contributed by atoms with Crippen LogP contribution in [0.2, 0.25) is 0 Å². The molecule has 0 aliphatic carbocycles. The Morgan fingerprint density at radius 2 is 2.25 bits per heavy atom. The van der Waals surface area contributed by atoms with Gasteiger partial charge in [-0.05, 0) is 12.7 Å². The maximum Gasteiger partial charge on any atom is 0.108 e. The third kappa shape index (κ3) is 1.14. The van der Waals surface area contributed by atoms with Gasteiger partial charge < -0.3 is 0 Å². The van der Waals surface area contributed by atoms with E-state index < -0.39 is 0 Å². The van der Waals surface area contributed by atoms with Crippen molar-refractivity contribution < 1.29 is 0 Å². The molecule has 1 saturated heterocycles. The Labute approximate surface area is 63.6 Å². The number of hydrogen-bond acceptors (Lipinski definition) is 3. The van der Waals surface area contributed by atoms with E-state index in [1.165, 1.54) is 11.5 Å². The third-order valence-electron chi connectivity index (χ3n) is 1.30. The van der Waals surface area contributed by atoms with Crippen LogP contribution < -0.4 is 0 Å². The van der Waals surface area contributed by atoms with Crippen LogP contribution >= 0.6 is 35.3 Å². The fourth-order valence-electron chi connectivity index (χ4n) is 0.657. The topological polar surface area (TPSA) is 0 Å². The molecule has 0 bridgehead atoms. The van der Waals surface area contributed by atoms with Gasteiger partial charge in [0.25, 0.3) is 0 Å². The zero-order chi connectivity index (χ0) is 6.04. The van der Waals surface area contributed by atoms with Gasteiger partial charge in [-0.3, -0.25) is 0 Å². The van der Waals surface area contributed by atoms with Crippen molar-refractivity contribution in [1.29, 1.82) is 0 Å². The van der Waals surface area contributed by atoms with E-state index in [1.807, 2.05) is 11.8 Å². The second-order valence-electron chi connectivity index (χ2n) is 1.65. The first kappa shape index (κ1) is 7.16. The molecule has 1 heterocycles. The van der Waals surface area contributed by atoms with Gasteiger partial charge in [0.2, 0.25) is 0 Å². The second kappa shape index (κ2) is 2.76. The summed E-state index contributed by atoms with van der Waals surface area (Å²) in [5.41, 5.74) is 0. The Morgan fingerprint density at radius 1 is 1.62 bits per heavy atom. The van der Waals surface area contributed by atoms with Gasteiger partial charge >= 0.3 is 0 Å². The summed E-state index contributed by atoms with van der Waals surface area (Å²) in [6, 6.07) is 0. The highest BCUT2D eigenvalue weighted by Crippen LogP contribution is 2.58. The molecule has 0 aromatic carbocycles. The summed E-state index contributed by atoms with van der Waals surface area (Å²) in [4.78, 5) is 0. The third-order valence-corrected chi connectivity index (χ3v) is 7.03. The average Bonchev–Trinajstić information content (AvgIpc) is 1.67. The fraction of sp³-hybridized carbons (Fsp3) is 1.00. The molecule has 3 heteroatoms. The summed E-state index contributed by atoms with van der Waals surface area (Å²) in [6.45, 7) is 2.26. The van der Waals surface area contributed by atoms with Crippen molar-refractivity contribution in [3.05, 3.63) is 0 Å². The van der Waals surface area contributed by atoms with Crippen LogP contribution in [0.4, 0.5) is 0 Å². The van der Waals surface area contributed by atoms with Crippen LogP contribution in [0.3, 0.4) is 0 Å². The van der Waals surface area contributed by atoms with E-state index in [4.69, 9.17) is 0 Å². The molecule has 8 heavy (non-hydrogen) atoms. The predicted octanol–water partition coefficient (Wildman–Crippen LogP) is 2.85. The van der Waals surface area contributed by atoms with Crippen LogP contribution in [0.1, 0.15) is 13.3 Å². The smallest absolute Gasteiger partial charge is 0.108 e. The van der Waals surface area contributed by atoms with E-state index in [0.29, 0.717) is 3.41 Å². The van der Waals surface area contributed by atoms with E-state index in [2.05, 4.69) is 36.7 Å². The number of rotatable bonds is 2. The maximum atomic E-state index is 2.26. The Bertz CT molecular complexity index is 64.2. The van der Waals surface area contributed by atoms with E-state index in [1.54, 1.807) is 0 Å². The summed E-state index contributed by atoms with van der Waals surface area (Å²) in [5.74, 6) is 0. The van der Waals surface area contributed by atoms with Gasteiger partial charge in [-0.1, -0.05) is 6.92 Å². The molecule has 0 atom stereocenters. The second-order valence-corrected chi connectivity index (χ2v) is 6.44. The lowest BCUT2D eigenvalue weighted by Gasteiger charge is -2.37. The molecule has 0 radical (unpaired) electrons. The number of thioether (sulfide) groups is 3. The first-order chi connectivity index (χ1) is 3.83. The van der Waals surface area contributed by atoms with Crippen LogP contribution in [0.15, 0.2) is 0 Å². The molecule has 0 N–H and O–H groups in total.